The molecule has 0 saturated carbocycles. The summed E-state index contributed by atoms with van der Waals surface area (Å²) in [4.78, 5) is 14.2. The molecule has 2 saturated heterocycles. The number of aryl methyl sites for hydroxylation is 1. The molecule has 10 heteroatoms. The SMILES string of the molecule is Cc1cc(SCc2nn(CN3CCOCC3)c(=S)o2)nc(N2CCCC2)n1. The van der Waals surface area contributed by atoms with Crippen molar-refractivity contribution in [2.24, 2.45) is 0 Å². The molecule has 4 heterocycles. The van der Waals surface area contributed by atoms with Gasteiger partial charge in [-0.3, -0.25) is 4.90 Å². The lowest BCUT2D eigenvalue weighted by Gasteiger charge is -2.25. The fraction of sp³-hybridized carbons (Fsp3) is 0.647. The molecule has 0 N–H and O–H groups in total. The molecule has 0 spiro atoms. The normalized spacial score (nSPS) is 18.3. The van der Waals surface area contributed by atoms with Gasteiger partial charge in [0.25, 0.3) is 4.84 Å². The molecule has 8 nitrogen and oxygen atoms in total. The molecule has 0 atom stereocenters. The molecule has 0 unspecified atom stereocenters. The number of thioether (sulfide) groups is 1. The maximum Gasteiger partial charge on any atom is 0.288 e. The van der Waals surface area contributed by atoms with Crippen molar-refractivity contribution in [2.45, 2.75) is 37.2 Å². The number of nitrogens with zero attached hydrogens (tertiary/aromatic N) is 6. The monoisotopic (exact) mass is 408 g/mol. The predicted octanol–water partition coefficient (Wildman–Crippen LogP) is 2.49. The van der Waals surface area contributed by atoms with Gasteiger partial charge in [-0.2, -0.15) is 0 Å². The van der Waals surface area contributed by atoms with E-state index >= 15 is 0 Å². The highest BCUT2D eigenvalue weighted by atomic mass is 32.2. The Morgan fingerprint density at radius 1 is 1.15 bits per heavy atom. The largest absolute Gasteiger partial charge is 0.413 e. The average molecular weight is 409 g/mol. The van der Waals surface area contributed by atoms with Crippen LogP contribution in [-0.2, 0) is 17.2 Å². The summed E-state index contributed by atoms with van der Waals surface area (Å²) in [5, 5.41) is 5.47. The highest BCUT2D eigenvalue weighted by molar-refractivity contribution is 7.98. The van der Waals surface area contributed by atoms with Crippen LogP contribution in [0.15, 0.2) is 15.5 Å². The van der Waals surface area contributed by atoms with Crippen molar-refractivity contribution in [1.82, 2.24) is 24.6 Å². The lowest BCUT2D eigenvalue weighted by Crippen LogP contribution is -2.37. The molecule has 2 aliphatic heterocycles. The fourth-order valence-corrected chi connectivity index (χ4v) is 4.20. The van der Waals surface area contributed by atoms with E-state index in [1.54, 1.807) is 16.4 Å². The number of aromatic nitrogens is 4. The lowest BCUT2D eigenvalue weighted by molar-refractivity contribution is 0.0206. The molecule has 27 heavy (non-hydrogen) atoms. The number of rotatable bonds is 6. The number of hydrogen-bond acceptors (Lipinski definition) is 9. The van der Waals surface area contributed by atoms with Gasteiger partial charge >= 0.3 is 0 Å². The van der Waals surface area contributed by atoms with Gasteiger partial charge in [-0.15, -0.1) is 5.10 Å². The average Bonchev–Trinajstić information content (AvgIpc) is 3.31. The predicted molar refractivity (Wildman–Crippen MR) is 105 cm³/mol. The summed E-state index contributed by atoms with van der Waals surface area (Å²) in [5.74, 6) is 2.04. The Bertz CT molecular complexity index is 827. The van der Waals surface area contributed by atoms with Crippen LogP contribution in [0, 0.1) is 11.8 Å². The zero-order valence-corrected chi connectivity index (χ0v) is 17.1. The van der Waals surface area contributed by atoms with Gasteiger partial charge in [0.05, 0.1) is 25.6 Å². The third kappa shape index (κ3) is 4.87. The Balaban J connectivity index is 1.40. The standard InChI is InChI=1S/C17H24N6O2S2/c1-13-10-15(19-16(18-13)22-4-2-3-5-22)27-11-14-20-23(17(26)25-14)12-21-6-8-24-9-7-21/h10H,2-9,11-12H2,1H3. The van der Waals surface area contributed by atoms with Crippen molar-refractivity contribution in [3.05, 3.63) is 22.5 Å². The first kappa shape index (κ1) is 18.9. The van der Waals surface area contributed by atoms with Crippen LogP contribution in [-0.4, -0.2) is 64.0 Å². The number of hydrogen-bond donors (Lipinski definition) is 0. The summed E-state index contributed by atoms with van der Waals surface area (Å²) in [6, 6.07) is 2.00. The molecule has 0 amide bonds. The summed E-state index contributed by atoms with van der Waals surface area (Å²) >= 11 is 6.92. The summed E-state index contributed by atoms with van der Waals surface area (Å²) in [6.45, 7) is 8.00. The van der Waals surface area contributed by atoms with Crippen molar-refractivity contribution < 1.29 is 9.15 Å². The van der Waals surface area contributed by atoms with Crippen LogP contribution in [0.1, 0.15) is 24.4 Å². The minimum Gasteiger partial charge on any atom is -0.413 e. The molecule has 2 fully saturated rings. The molecule has 2 aliphatic rings. The maximum atomic E-state index is 5.67. The molecule has 2 aromatic heterocycles. The van der Waals surface area contributed by atoms with Crippen molar-refractivity contribution >= 4 is 29.9 Å². The molecular weight excluding hydrogens is 384 g/mol. The molecule has 0 radical (unpaired) electrons. The summed E-state index contributed by atoms with van der Waals surface area (Å²) in [5.41, 5.74) is 0.980. The first-order valence-corrected chi connectivity index (χ1v) is 10.7. The Kier molecular flexibility index (Phi) is 6.06. The Morgan fingerprint density at radius 3 is 2.70 bits per heavy atom. The fourth-order valence-electron chi connectivity index (χ4n) is 3.22. The summed E-state index contributed by atoms with van der Waals surface area (Å²) < 4.78 is 12.8. The van der Waals surface area contributed by atoms with E-state index in [4.69, 9.17) is 26.4 Å². The van der Waals surface area contributed by atoms with Crippen LogP contribution < -0.4 is 4.90 Å². The van der Waals surface area contributed by atoms with E-state index in [2.05, 4.69) is 19.9 Å². The van der Waals surface area contributed by atoms with Crippen molar-refractivity contribution in [2.75, 3.05) is 44.3 Å². The number of ether oxygens (including phenoxy) is 1. The van der Waals surface area contributed by atoms with E-state index in [1.807, 2.05) is 13.0 Å². The molecule has 2 aromatic rings. The van der Waals surface area contributed by atoms with Crippen molar-refractivity contribution in [1.29, 1.82) is 0 Å². The molecule has 0 aliphatic carbocycles. The van der Waals surface area contributed by atoms with Gasteiger partial charge in [-0.25, -0.2) is 14.6 Å². The third-order valence-corrected chi connectivity index (χ3v) is 5.83. The van der Waals surface area contributed by atoms with Gasteiger partial charge < -0.3 is 14.1 Å². The Labute approximate surface area is 167 Å². The quantitative estimate of drug-likeness (QED) is 0.407. The van der Waals surface area contributed by atoms with E-state index in [0.717, 1.165) is 56.1 Å². The van der Waals surface area contributed by atoms with Gasteiger partial charge in [0.2, 0.25) is 11.8 Å². The maximum absolute atomic E-state index is 5.67. The molecule has 146 valence electrons. The topological polar surface area (TPSA) is 72.5 Å². The number of anilines is 1. The first-order valence-electron chi connectivity index (χ1n) is 9.28. The second-order valence-electron chi connectivity index (χ2n) is 6.76. The highest BCUT2D eigenvalue weighted by Gasteiger charge is 2.17. The smallest absolute Gasteiger partial charge is 0.288 e. The molecule has 4 rings (SSSR count). The van der Waals surface area contributed by atoms with Crippen molar-refractivity contribution in [3.8, 4) is 0 Å². The number of morpholine rings is 1. The van der Waals surface area contributed by atoms with Gasteiger partial charge in [0, 0.05) is 31.9 Å². The van der Waals surface area contributed by atoms with E-state index < -0.39 is 0 Å². The van der Waals surface area contributed by atoms with Gasteiger partial charge in [0.1, 0.15) is 5.03 Å². The summed E-state index contributed by atoms with van der Waals surface area (Å²) in [7, 11) is 0. The molecule has 0 bridgehead atoms. The summed E-state index contributed by atoms with van der Waals surface area (Å²) in [6.07, 6.45) is 2.42. The minimum atomic E-state index is 0.411. The van der Waals surface area contributed by atoms with Gasteiger partial charge in [-0.1, -0.05) is 11.8 Å². The second kappa shape index (κ2) is 8.68. The van der Waals surface area contributed by atoms with Crippen LogP contribution in [0.5, 0.6) is 0 Å². The highest BCUT2D eigenvalue weighted by Crippen LogP contribution is 2.24. The van der Waals surface area contributed by atoms with E-state index in [-0.39, 0.29) is 0 Å². The van der Waals surface area contributed by atoms with Crippen LogP contribution in [0.3, 0.4) is 0 Å². The van der Waals surface area contributed by atoms with E-state index in [0.29, 0.717) is 23.1 Å². The van der Waals surface area contributed by atoms with Crippen LogP contribution in [0.4, 0.5) is 5.95 Å². The first-order chi connectivity index (χ1) is 13.2. The van der Waals surface area contributed by atoms with Crippen LogP contribution in [0.2, 0.25) is 0 Å². The van der Waals surface area contributed by atoms with E-state index in [1.165, 1.54) is 12.8 Å². The zero-order chi connectivity index (χ0) is 18.6. The minimum absolute atomic E-state index is 0.411. The Hall–Kier alpha value is -1.49. The lowest BCUT2D eigenvalue weighted by atomic mass is 10.4. The van der Waals surface area contributed by atoms with Gasteiger partial charge in [0.15, 0.2) is 0 Å². The Morgan fingerprint density at radius 2 is 1.93 bits per heavy atom. The van der Waals surface area contributed by atoms with E-state index in [9.17, 15) is 0 Å². The van der Waals surface area contributed by atoms with Crippen LogP contribution >= 0.6 is 24.0 Å². The van der Waals surface area contributed by atoms with Crippen molar-refractivity contribution in [3.63, 3.8) is 0 Å². The zero-order valence-electron chi connectivity index (χ0n) is 15.5. The third-order valence-electron chi connectivity index (χ3n) is 4.64. The van der Waals surface area contributed by atoms with Crippen LogP contribution in [0.25, 0.3) is 0 Å². The van der Waals surface area contributed by atoms with Gasteiger partial charge in [-0.05, 0) is 38.0 Å². The molecular formula is C17H24N6O2S2. The second-order valence-corrected chi connectivity index (χ2v) is 8.11. The molecule has 0 aromatic carbocycles.